The quantitative estimate of drug-likeness (QED) is 0.261. The van der Waals surface area contributed by atoms with Crippen molar-refractivity contribution in [1.29, 1.82) is 0 Å². The van der Waals surface area contributed by atoms with Gasteiger partial charge in [0.25, 0.3) is 5.91 Å². The minimum Gasteiger partial charge on any atom is -0.461 e. The Morgan fingerprint density at radius 1 is 1.23 bits per heavy atom. The molecule has 3 N–H and O–H groups in total. The van der Waals surface area contributed by atoms with Gasteiger partial charge in [0.1, 0.15) is 11.9 Å². The summed E-state index contributed by atoms with van der Waals surface area (Å²) in [6, 6.07) is 11.1. The first kappa shape index (κ1) is 27.4. The summed E-state index contributed by atoms with van der Waals surface area (Å²) in [7, 11) is 0. The van der Waals surface area contributed by atoms with E-state index in [0.29, 0.717) is 40.2 Å². The molecule has 1 amide bonds. The maximum atomic E-state index is 13.6. The summed E-state index contributed by atoms with van der Waals surface area (Å²) < 4.78 is 18.9. The molecule has 190 valence electrons. The van der Waals surface area contributed by atoms with Gasteiger partial charge in [-0.15, -0.1) is 0 Å². The van der Waals surface area contributed by atoms with E-state index < -0.39 is 12.0 Å². The fourth-order valence-corrected chi connectivity index (χ4v) is 4.78. The summed E-state index contributed by atoms with van der Waals surface area (Å²) >= 11 is 6.12. The Morgan fingerprint density at radius 2 is 1.97 bits per heavy atom. The molecule has 6 nitrogen and oxygen atoms in total. The van der Waals surface area contributed by atoms with E-state index in [2.05, 4.69) is 28.6 Å². The first-order valence-electron chi connectivity index (χ1n) is 11.8. The minimum atomic E-state index is -0.751. The zero-order valence-electron chi connectivity index (χ0n) is 20.3. The number of amides is 1. The van der Waals surface area contributed by atoms with Crippen molar-refractivity contribution in [1.82, 2.24) is 10.6 Å². The van der Waals surface area contributed by atoms with Gasteiger partial charge >= 0.3 is 5.97 Å². The van der Waals surface area contributed by atoms with Gasteiger partial charge in [0, 0.05) is 35.6 Å². The average Bonchev–Trinajstić information content (AvgIpc) is 3.25. The number of rotatable bonds is 11. The van der Waals surface area contributed by atoms with Crippen LogP contribution in [-0.2, 0) is 9.53 Å². The van der Waals surface area contributed by atoms with Gasteiger partial charge in [0.2, 0.25) is 0 Å². The molecule has 1 saturated heterocycles. The fraction of sp³-hybridized carbons (Fsp3) is 0.462. The molecule has 0 radical (unpaired) electrons. The molecule has 9 heteroatoms. The lowest BCUT2D eigenvalue weighted by atomic mass is 9.97. The second kappa shape index (κ2) is 13.2. The largest absolute Gasteiger partial charge is 0.461 e. The normalized spacial score (nSPS) is 18.3. The first-order chi connectivity index (χ1) is 16.8. The Kier molecular flexibility index (Phi) is 10.3. The number of nitrogens with one attached hydrogen (secondary N) is 3. The van der Waals surface area contributed by atoms with Crippen molar-refractivity contribution in [2.45, 2.75) is 50.1 Å². The van der Waals surface area contributed by atoms with E-state index in [-0.39, 0.29) is 17.8 Å². The van der Waals surface area contributed by atoms with Gasteiger partial charge in [0.15, 0.2) is 0 Å². The van der Waals surface area contributed by atoms with Gasteiger partial charge in [-0.05, 0) is 80.2 Å². The molecule has 1 unspecified atom stereocenters. The second-order valence-electron chi connectivity index (χ2n) is 8.94. The smallest absolute Gasteiger partial charge is 0.328 e. The highest BCUT2D eigenvalue weighted by Crippen LogP contribution is 2.28. The highest BCUT2D eigenvalue weighted by atomic mass is 32.2. The Balaban J connectivity index is 1.84. The number of anilines is 1. The predicted molar refractivity (Wildman–Crippen MR) is 145 cm³/mol. The number of halogens is 1. The van der Waals surface area contributed by atoms with Crippen molar-refractivity contribution in [3.8, 4) is 11.1 Å². The maximum Gasteiger partial charge on any atom is 0.328 e. The Labute approximate surface area is 216 Å². The van der Waals surface area contributed by atoms with Crippen LogP contribution in [0.1, 0.15) is 37.0 Å². The average molecular weight is 520 g/mol. The molecular formula is C26H34FN3O3S2. The molecular weight excluding hydrogens is 485 g/mol. The lowest BCUT2D eigenvalue weighted by Gasteiger charge is -2.20. The van der Waals surface area contributed by atoms with Crippen molar-refractivity contribution in [3.05, 3.63) is 53.8 Å². The van der Waals surface area contributed by atoms with Gasteiger partial charge in [-0.1, -0.05) is 12.1 Å². The van der Waals surface area contributed by atoms with E-state index in [4.69, 9.17) is 4.74 Å². The van der Waals surface area contributed by atoms with Crippen LogP contribution in [0.3, 0.4) is 0 Å². The van der Waals surface area contributed by atoms with Crippen molar-refractivity contribution >= 4 is 42.0 Å². The van der Waals surface area contributed by atoms with Gasteiger partial charge < -0.3 is 20.7 Å². The number of hydrogen-bond donors (Lipinski definition) is 4. The third-order valence-electron chi connectivity index (χ3n) is 5.72. The highest BCUT2D eigenvalue weighted by molar-refractivity contribution is 7.98. The lowest BCUT2D eigenvalue weighted by molar-refractivity contribution is -0.149. The van der Waals surface area contributed by atoms with Crippen LogP contribution in [0, 0.1) is 5.82 Å². The third-order valence-corrected chi connectivity index (χ3v) is 6.76. The van der Waals surface area contributed by atoms with E-state index in [0.717, 1.165) is 25.2 Å². The molecule has 2 aromatic carbocycles. The standard InChI is InChI=1S/C26H34FN3O3S2/c1-16(2)33-26(32)24(10-11-35-3)30-25(31)22-9-8-19(28-14-20-12-21(34)15-29-20)13-23(22)17-4-6-18(27)7-5-17/h4-9,13,16,20-21,24,28-29,34H,10-12,14-15H2,1-3H3,(H,30,31)/t20-,21-,24?/m0/s1. The maximum absolute atomic E-state index is 13.6. The summed E-state index contributed by atoms with van der Waals surface area (Å²) in [5.41, 5.74) is 2.62. The van der Waals surface area contributed by atoms with Crippen molar-refractivity contribution in [2.24, 2.45) is 0 Å². The molecule has 0 aliphatic carbocycles. The number of thioether (sulfide) groups is 1. The van der Waals surface area contributed by atoms with Gasteiger partial charge in [-0.2, -0.15) is 24.4 Å². The van der Waals surface area contributed by atoms with Crippen LogP contribution in [0.25, 0.3) is 11.1 Å². The monoisotopic (exact) mass is 519 g/mol. The van der Waals surface area contributed by atoms with E-state index in [9.17, 15) is 14.0 Å². The van der Waals surface area contributed by atoms with E-state index >= 15 is 0 Å². The SMILES string of the molecule is CSCCC(NC(=O)c1ccc(NC[C@@H]2C[C@H](S)CN2)cc1-c1ccc(F)cc1)C(=O)OC(C)C. The van der Waals surface area contributed by atoms with Crippen LogP contribution >= 0.6 is 24.4 Å². The number of esters is 1. The number of carbonyl (C=O) groups excluding carboxylic acids is 2. The lowest BCUT2D eigenvalue weighted by Crippen LogP contribution is -2.43. The van der Waals surface area contributed by atoms with Crippen LogP contribution in [0.15, 0.2) is 42.5 Å². The zero-order valence-corrected chi connectivity index (χ0v) is 22.1. The summed E-state index contributed by atoms with van der Waals surface area (Å²) in [6.45, 7) is 5.16. The molecule has 0 bridgehead atoms. The number of ether oxygens (including phenoxy) is 1. The first-order valence-corrected chi connectivity index (χ1v) is 13.7. The molecule has 3 rings (SSSR count). The number of thiol groups is 1. The zero-order chi connectivity index (χ0) is 25.4. The van der Waals surface area contributed by atoms with Crippen LogP contribution in [0.4, 0.5) is 10.1 Å². The summed E-state index contributed by atoms with van der Waals surface area (Å²) in [5.74, 6) is -0.474. The predicted octanol–water partition coefficient (Wildman–Crippen LogP) is 4.37. The van der Waals surface area contributed by atoms with E-state index in [1.54, 1.807) is 43.8 Å². The van der Waals surface area contributed by atoms with Crippen LogP contribution in [0.5, 0.6) is 0 Å². The van der Waals surface area contributed by atoms with Crippen LogP contribution in [-0.4, -0.2) is 60.4 Å². The summed E-state index contributed by atoms with van der Waals surface area (Å²) in [5, 5.41) is 10.1. The van der Waals surface area contributed by atoms with E-state index in [1.165, 1.54) is 12.1 Å². The highest BCUT2D eigenvalue weighted by Gasteiger charge is 2.25. The Hall–Kier alpha value is -2.23. The number of hydrogen-bond acceptors (Lipinski definition) is 7. The molecule has 0 spiro atoms. The molecule has 2 aromatic rings. The minimum absolute atomic E-state index is 0.275. The summed E-state index contributed by atoms with van der Waals surface area (Å²) in [6.07, 6.45) is 3.11. The Morgan fingerprint density at radius 3 is 2.60 bits per heavy atom. The molecule has 0 aromatic heterocycles. The topological polar surface area (TPSA) is 79.5 Å². The molecule has 1 fully saturated rings. The molecule has 1 aliphatic rings. The van der Waals surface area contributed by atoms with Gasteiger partial charge in [-0.3, -0.25) is 4.79 Å². The fourth-order valence-electron chi connectivity index (χ4n) is 3.95. The van der Waals surface area contributed by atoms with Crippen LogP contribution in [0.2, 0.25) is 0 Å². The second-order valence-corrected chi connectivity index (χ2v) is 10.7. The summed E-state index contributed by atoms with van der Waals surface area (Å²) in [4.78, 5) is 25.9. The number of carbonyl (C=O) groups is 2. The van der Waals surface area contributed by atoms with Gasteiger partial charge in [-0.25, -0.2) is 9.18 Å². The molecule has 1 heterocycles. The molecule has 3 atom stereocenters. The molecule has 0 saturated carbocycles. The van der Waals surface area contributed by atoms with Crippen molar-refractivity contribution in [2.75, 3.05) is 30.4 Å². The molecule has 35 heavy (non-hydrogen) atoms. The number of benzene rings is 2. The van der Waals surface area contributed by atoms with Crippen molar-refractivity contribution in [3.63, 3.8) is 0 Å². The van der Waals surface area contributed by atoms with E-state index in [1.807, 2.05) is 18.4 Å². The van der Waals surface area contributed by atoms with Gasteiger partial charge in [0.05, 0.1) is 6.10 Å². The van der Waals surface area contributed by atoms with Crippen molar-refractivity contribution < 1.29 is 18.7 Å². The third kappa shape index (κ3) is 8.15. The Bertz CT molecular complexity index is 1000. The molecule has 1 aliphatic heterocycles. The van der Waals surface area contributed by atoms with Crippen LogP contribution < -0.4 is 16.0 Å².